The van der Waals surface area contributed by atoms with Gasteiger partial charge < -0.3 is 15.0 Å². The molecule has 1 rings (SSSR count). The molecule has 1 saturated carbocycles. The molecule has 0 radical (unpaired) electrons. The predicted octanol–water partition coefficient (Wildman–Crippen LogP) is 2.18. The first-order chi connectivity index (χ1) is 9.03. The molecule has 0 aromatic carbocycles. The highest BCUT2D eigenvalue weighted by Gasteiger charge is 2.34. The lowest BCUT2D eigenvalue weighted by Crippen LogP contribution is -2.52. The van der Waals surface area contributed by atoms with Crippen molar-refractivity contribution >= 4 is 5.97 Å². The lowest BCUT2D eigenvalue weighted by molar-refractivity contribution is -0.148. The molecule has 0 spiro atoms. The van der Waals surface area contributed by atoms with E-state index in [1.165, 1.54) is 32.8 Å². The molecule has 0 aromatic heterocycles. The minimum Gasteiger partial charge on any atom is -0.468 e. The number of ether oxygens (including phenoxy) is 1. The number of rotatable bonds is 8. The molecule has 0 bridgehead atoms. The molecule has 0 aliphatic heterocycles. The fraction of sp³-hybridized carbons (Fsp3) is 0.933. The van der Waals surface area contributed by atoms with Gasteiger partial charge in [-0.3, -0.25) is 4.79 Å². The van der Waals surface area contributed by atoms with Gasteiger partial charge in [-0.2, -0.15) is 0 Å². The van der Waals surface area contributed by atoms with E-state index in [2.05, 4.69) is 24.2 Å². The van der Waals surface area contributed by atoms with Gasteiger partial charge in [-0.25, -0.2) is 0 Å². The Kier molecular flexibility index (Phi) is 6.80. The zero-order chi connectivity index (χ0) is 14.3. The van der Waals surface area contributed by atoms with Gasteiger partial charge in [0, 0.05) is 12.6 Å². The summed E-state index contributed by atoms with van der Waals surface area (Å²) in [4.78, 5) is 14.4. The van der Waals surface area contributed by atoms with E-state index in [1.807, 2.05) is 6.92 Å². The number of nitrogens with zero attached hydrogens (tertiary/aromatic N) is 1. The molecule has 4 nitrogen and oxygen atoms in total. The van der Waals surface area contributed by atoms with E-state index in [-0.39, 0.29) is 5.97 Å². The van der Waals surface area contributed by atoms with Crippen molar-refractivity contribution in [2.45, 2.75) is 64.0 Å². The Balaban J connectivity index is 2.49. The molecule has 19 heavy (non-hydrogen) atoms. The first-order valence-electron chi connectivity index (χ1n) is 7.57. The van der Waals surface area contributed by atoms with Gasteiger partial charge in [0.2, 0.25) is 0 Å². The van der Waals surface area contributed by atoms with Crippen molar-refractivity contribution in [3.8, 4) is 0 Å². The number of hydrogen-bond donors (Lipinski definition) is 1. The molecule has 1 fully saturated rings. The van der Waals surface area contributed by atoms with E-state index in [0.717, 1.165) is 25.9 Å². The monoisotopic (exact) mass is 270 g/mol. The Morgan fingerprint density at radius 1 is 1.42 bits per heavy atom. The van der Waals surface area contributed by atoms with Crippen LogP contribution in [-0.4, -0.2) is 49.7 Å². The van der Waals surface area contributed by atoms with Crippen molar-refractivity contribution in [2.24, 2.45) is 0 Å². The highest BCUT2D eigenvalue weighted by Crippen LogP contribution is 2.23. The summed E-state index contributed by atoms with van der Waals surface area (Å²) in [5.41, 5.74) is -0.558. The van der Waals surface area contributed by atoms with Crippen LogP contribution in [0.4, 0.5) is 0 Å². The largest absolute Gasteiger partial charge is 0.468 e. The summed E-state index contributed by atoms with van der Waals surface area (Å²) in [6.07, 6.45) is 7.11. The maximum atomic E-state index is 12.0. The van der Waals surface area contributed by atoms with Crippen LogP contribution >= 0.6 is 0 Å². The predicted molar refractivity (Wildman–Crippen MR) is 78.2 cm³/mol. The lowest BCUT2D eigenvalue weighted by Gasteiger charge is -2.32. The van der Waals surface area contributed by atoms with Crippen LogP contribution < -0.4 is 5.32 Å². The van der Waals surface area contributed by atoms with Gasteiger partial charge in [-0.15, -0.1) is 0 Å². The van der Waals surface area contributed by atoms with Crippen LogP contribution in [0.5, 0.6) is 0 Å². The second kappa shape index (κ2) is 7.85. The third-order valence-corrected chi connectivity index (χ3v) is 4.31. The van der Waals surface area contributed by atoms with Crippen molar-refractivity contribution in [3.63, 3.8) is 0 Å². The number of methoxy groups -OCH3 is 1. The second-order valence-corrected chi connectivity index (χ2v) is 5.92. The highest BCUT2D eigenvalue weighted by molar-refractivity contribution is 5.80. The zero-order valence-corrected chi connectivity index (χ0v) is 13.0. The summed E-state index contributed by atoms with van der Waals surface area (Å²) in [6.45, 7) is 5.85. The fourth-order valence-electron chi connectivity index (χ4n) is 2.82. The zero-order valence-electron chi connectivity index (χ0n) is 13.0. The van der Waals surface area contributed by atoms with Crippen LogP contribution in [-0.2, 0) is 9.53 Å². The second-order valence-electron chi connectivity index (χ2n) is 5.92. The molecule has 112 valence electrons. The molecule has 0 heterocycles. The Labute approximate surface area is 117 Å². The molecule has 1 atom stereocenters. The standard InChI is InChI=1S/C15H30N2O2/c1-5-11-16-15(2,14(18)19-4)10-12-17(3)13-8-6-7-9-13/h13,16H,5-12H2,1-4H3. The smallest absolute Gasteiger partial charge is 0.325 e. The van der Waals surface area contributed by atoms with Crippen LogP contribution in [0.1, 0.15) is 52.4 Å². The van der Waals surface area contributed by atoms with Crippen molar-refractivity contribution < 1.29 is 9.53 Å². The Hall–Kier alpha value is -0.610. The molecule has 1 N–H and O–H groups in total. The fourth-order valence-corrected chi connectivity index (χ4v) is 2.82. The van der Waals surface area contributed by atoms with Gasteiger partial charge in [-0.1, -0.05) is 19.8 Å². The third-order valence-electron chi connectivity index (χ3n) is 4.31. The summed E-state index contributed by atoms with van der Waals surface area (Å²) in [6, 6.07) is 0.702. The number of carbonyl (C=O) groups excluding carboxylic acids is 1. The van der Waals surface area contributed by atoms with Gasteiger partial charge in [0.1, 0.15) is 5.54 Å². The van der Waals surface area contributed by atoms with E-state index < -0.39 is 5.54 Å². The minimum atomic E-state index is -0.558. The van der Waals surface area contributed by atoms with E-state index in [0.29, 0.717) is 6.04 Å². The quantitative estimate of drug-likeness (QED) is 0.686. The van der Waals surface area contributed by atoms with Crippen LogP contribution in [0.2, 0.25) is 0 Å². The average Bonchev–Trinajstić information content (AvgIpc) is 2.95. The minimum absolute atomic E-state index is 0.152. The first-order valence-corrected chi connectivity index (χ1v) is 7.57. The molecule has 1 aliphatic carbocycles. The van der Waals surface area contributed by atoms with Gasteiger partial charge in [-0.05, 0) is 46.2 Å². The van der Waals surface area contributed by atoms with Crippen molar-refractivity contribution in [2.75, 3.05) is 27.2 Å². The maximum absolute atomic E-state index is 12.0. The average molecular weight is 270 g/mol. The molecule has 0 aromatic rings. The maximum Gasteiger partial charge on any atom is 0.325 e. The number of nitrogens with one attached hydrogen (secondary N) is 1. The van der Waals surface area contributed by atoms with Gasteiger partial charge >= 0.3 is 5.97 Å². The van der Waals surface area contributed by atoms with Crippen molar-refractivity contribution in [1.29, 1.82) is 0 Å². The van der Waals surface area contributed by atoms with Gasteiger partial charge in [0.25, 0.3) is 0 Å². The molecular formula is C15H30N2O2. The SMILES string of the molecule is CCCNC(C)(CCN(C)C1CCCC1)C(=O)OC. The van der Waals surface area contributed by atoms with Crippen molar-refractivity contribution in [3.05, 3.63) is 0 Å². The molecular weight excluding hydrogens is 240 g/mol. The van der Waals surface area contributed by atoms with E-state index in [4.69, 9.17) is 4.74 Å². The number of esters is 1. The number of carbonyl (C=O) groups is 1. The summed E-state index contributed by atoms with van der Waals surface area (Å²) in [5, 5.41) is 3.34. The highest BCUT2D eigenvalue weighted by atomic mass is 16.5. The molecule has 0 saturated heterocycles. The van der Waals surface area contributed by atoms with Crippen LogP contribution in [0, 0.1) is 0 Å². The Morgan fingerprint density at radius 2 is 2.05 bits per heavy atom. The normalized spacial score (nSPS) is 19.6. The van der Waals surface area contributed by atoms with Crippen LogP contribution in [0.25, 0.3) is 0 Å². The lowest BCUT2D eigenvalue weighted by atomic mass is 9.97. The molecule has 1 unspecified atom stereocenters. The van der Waals surface area contributed by atoms with E-state index >= 15 is 0 Å². The third kappa shape index (κ3) is 4.77. The Bertz CT molecular complexity index is 277. The summed E-state index contributed by atoms with van der Waals surface area (Å²) < 4.78 is 4.95. The topological polar surface area (TPSA) is 41.6 Å². The summed E-state index contributed by atoms with van der Waals surface area (Å²) in [7, 11) is 3.64. The summed E-state index contributed by atoms with van der Waals surface area (Å²) >= 11 is 0. The number of hydrogen-bond acceptors (Lipinski definition) is 4. The summed E-state index contributed by atoms with van der Waals surface area (Å²) in [5.74, 6) is -0.152. The molecule has 1 aliphatic rings. The first kappa shape index (κ1) is 16.4. The molecule has 0 amide bonds. The van der Waals surface area contributed by atoms with Crippen molar-refractivity contribution in [1.82, 2.24) is 10.2 Å². The van der Waals surface area contributed by atoms with Crippen LogP contribution in [0.15, 0.2) is 0 Å². The van der Waals surface area contributed by atoms with Gasteiger partial charge in [0.15, 0.2) is 0 Å². The molecule has 4 heteroatoms. The van der Waals surface area contributed by atoms with E-state index in [9.17, 15) is 4.79 Å². The van der Waals surface area contributed by atoms with E-state index in [1.54, 1.807) is 0 Å². The van der Waals surface area contributed by atoms with Crippen LogP contribution in [0.3, 0.4) is 0 Å². The van der Waals surface area contributed by atoms with Gasteiger partial charge in [0.05, 0.1) is 7.11 Å². The Morgan fingerprint density at radius 3 is 2.58 bits per heavy atom.